The van der Waals surface area contributed by atoms with Crippen molar-refractivity contribution < 1.29 is 14.4 Å². The number of aliphatic imine (C=N–C) groups is 1. The quantitative estimate of drug-likeness (QED) is 0.539. The Bertz CT molecular complexity index is 1110. The van der Waals surface area contributed by atoms with Crippen LogP contribution in [-0.4, -0.2) is 45.9 Å². The molecular weight excluding hydrogens is 404 g/mol. The summed E-state index contributed by atoms with van der Waals surface area (Å²) in [6.45, 7) is 4.87. The lowest BCUT2D eigenvalue weighted by Gasteiger charge is -2.24. The van der Waals surface area contributed by atoms with Crippen LogP contribution in [0.4, 0.5) is 5.69 Å². The first kappa shape index (κ1) is 18.9. The van der Waals surface area contributed by atoms with Gasteiger partial charge in [0.15, 0.2) is 16.7 Å². The molecule has 9 heteroatoms. The molecule has 0 radical (unpaired) electrons. The van der Waals surface area contributed by atoms with Crippen molar-refractivity contribution in [2.24, 2.45) is 10.1 Å². The Morgan fingerprint density at radius 2 is 2.03 bits per heavy atom. The van der Waals surface area contributed by atoms with Crippen LogP contribution in [0.25, 0.3) is 0 Å². The molecule has 30 heavy (non-hydrogen) atoms. The molecular formula is C21H20N4O4S. The van der Waals surface area contributed by atoms with Gasteiger partial charge in [0.1, 0.15) is 0 Å². The predicted octanol–water partition coefficient (Wildman–Crippen LogP) is 3.73. The Kier molecular flexibility index (Phi) is 4.62. The van der Waals surface area contributed by atoms with Gasteiger partial charge in [0.2, 0.25) is 6.79 Å². The third-order valence-electron chi connectivity index (χ3n) is 5.43. The summed E-state index contributed by atoms with van der Waals surface area (Å²) in [7, 11) is 0. The molecule has 2 aromatic rings. The minimum Gasteiger partial charge on any atom is -0.454 e. The van der Waals surface area contributed by atoms with Gasteiger partial charge in [-0.1, -0.05) is 11.8 Å². The largest absolute Gasteiger partial charge is 0.454 e. The number of nitro benzene ring substituents is 1. The summed E-state index contributed by atoms with van der Waals surface area (Å²) in [5.74, 6) is 2.37. The monoisotopic (exact) mass is 424 g/mol. The van der Waals surface area contributed by atoms with Crippen LogP contribution in [0.5, 0.6) is 11.5 Å². The van der Waals surface area contributed by atoms with Crippen molar-refractivity contribution in [3.63, 3.8) is 0 Å². The molecule has 0 spiro atoms. The number of hydrogen-bond donors (Lipinski definition) is 0. The molecule has 0 bridgehead atoms. The van der Waals surface area contributed by atoms with Gasteiger partial charge < -0.3 is 9.47 Å². The van der Waals surface area contributed by atoms with E-state index < -0.39 is 0 Å². The Labute approximate surface area is 177 Å². The van der Waals surface area contributed by atoms with Gasteiger partial charge in [-0.05, 0) is 50.1 Å². The fourth-order valence-electron chi connectivity index (χ4n) is 3.95. The van der Waals surface area contributed by atoms with Gasteiger partial charge in [-0.25, -0.2) is 5.01 Å². The van der Waals surface area contributed by atoms with Gasteiger partial charge in [-0.15, -0.1) is 0 Å². The van der Waals surface area contributed by atoms with Crippen molar-refractivity contribution in [2.75, 3.05) is 19.1 Å². The minimum atomic E-state index is -0.363. The highest BCUT2D eigenvalue weighted by atomic mass is 32.2. The van der Waals surface area contributed by atoms with Gasteiger partial charge in [-0.2, -0.15) is 5.10 Å². The second-order valence-corrected chi connectivity index (χ2v) is 8.54. The van der Waals surface area contributed by atoms with Gasteiger partial charge in [0, 0.05) is 28.5 Å². The first-order valence-electron chi connectivity index (χ1n) is 9.74. The number of benzene rings is 2. The number of thioether (sulfide) groups is 1. The molecule has 0 aliphatic carbocycles. The smallest absolute Gasteiger partial charge is 0.272 e. The molecule has 0 aromatic heterocycles. The van der Waals surface area contributed by atoms with Crippen molar-refractivity contribution in [1.82, 2.24) is 5.01 Å². The normalized spacial score (nSPS) is 19.8. The van der Waals surface area contributed by atoms with Crippen LogP contribution >= 0.6 is 11.8 Å². The van der Waals surface area contributed by atoms with Gasteiger partial charge >= 0.3 is 0 Å². The predicted molar refractivity (Wildman–Crippen MR) is 116 cm³/mol. The lowest BCUT2D eigenvalue weighted by molar-refractivity contribution is -0.385. The summed E-state index contributed by atoms with van der Waals surface area (Å²) >= 11 is 1.70. The molecule has 3 aliphatic heterocycles. The van der Waals surface area contributed by atoms with Crippen LogP contribution in [0.1, 0.15) is 29.2 Å². The molecule has 0 N–H and O–H groups in total. The maximum absolute atomic E-state index is 11.3. The number of amidine groups is 1. The molecule has 1 unspecified atom stereocenters. The molecule has 3 aliphatic rings. The maximum atomic E-state index is 11.3. The molecule has 2 aromatic carbocycles. The van der Waals surface area contributed by atoms with Gasteiger partial charge in [-0.3, -0.25) is 15.1 Å². The summed E-state index contributed by atoms with van der Waals surface area (Å²) in [5, 5.41) is 19.2. The number of nitro groups is 1. The summed E-state index contributed by atoms with van der Waals surface area (Å²) in [5.41, 5.74) is 4.32. The summed E-state index contributed by atoms with van der Waals surface area (Å²) in [4.78, 5) is 15.5. The number of hydrogen-bond acceptors (Lipinski definition) is 8. The molecule has 0 fully saturated rings. The van der Waals surface area contributed by atoms with E-state index in [9.17, 15) is 10.1 Å². The highest BCUT2D eigenvalue weighted by Gasteiger charge is 2.30. The first-order valence-corrected chi connectivity index (χ1v) is 10.7. The fraction of sp³-hybridized carbons (Fsp3) is 0.333. The standard InChI is InChI=1S/C21H20N4O4S/c1-12-7-14(3-4-17(12)25(26)27)20-16-10-19-18(28-11-29-19)9-15(16)8-13(2)24(23-20)21-22-5-6-30-21/h3-4,7,9-10,13H,5-6,8,11H2,1-2H3. The van der Waals surface area contributed by atoms with Crippen molar-refractivity contribution in [3.05, 3.63) is 62.7 Å². The molecule has 1 atom stereocenters. The fourth-order valence-corrected chi connectivity index (χ4v) is 4.85. The number of ether oxygens (including phenoxy) is 2. The molecule has 3 heterocycles. The van der Waals surface area contributed by atoms with Crippen LogP contribution in [0.2, 0.25) is 0 Å². The third kappa shape index (κ3) is 3.19. The molecule has 8 nitrogen and oxygen atoms in total. The zero-order valence-corrected chi connectivity index (χ0v) is 17.4. The van der Waals surface area contributed by atoms with Crippen molar-refractivity contribution in [2.45, 2.75) is 26.3 Å². The Hall–Kier alpha value is -3.07. The number of aryl methyl sites for hydroxylation is 1. The van der Waals surface area contributed by atoms with E-state index in [0.29, 0.717) is 11.3 Å². The number of nitrogens with zero attached hydrogens (tertiary/aromatic N) is 4. The van der Waals surface area contributed by atoms with Crippen LogP contribution in [0, 0.1) is 17.0 Å². The van der Waals surface area contributed by atoms with E-state index in [1.807, 2.05) is 23.2 Å². The molecule has 0 amide bonds. The number of hydrazone groups is 1. The van der Waals surface area contributed by atoms with Gasteiger partial charge in [0.05, 0.1) is 23.2 Å². The maximum Gasteiger partial charge on any atom is 0.272 e. The van der Waals surface area contributed by atoms with Crippen LogP contribution in [-0.2, 0) is 6.42 Å². The molecule has 0 saturated carbocycles. The van der Waals surface area contributed by atoms with Crippen molar-refractivity contribution >= 4 is 28.3 Å². The summed E-state index contributed by atoms with van der Waals surface area (Å²) in [6.07, 6.45) is 0.768. The van der Waals surface area contributed by atoms with E-state index >= 15 is 0 Å². The Balaban J connectivity index is 1.69. The van der Waals surface area contributed by atoms with Gasteiger partial charge in [0.25, 0.3) is 5.69 Å². The second-order valence-electron chi connectivity index (χ2n) is 7.48. The summed E-state index contributed by atoms with van der Waals surface area (Å²) in [6, 6.07) is 9.21. The molecule has 154 valence electrons. The lowest BCUT2D eigenvalue weighted by Crippen LogP contribution is -2.33. The molecule has 0 saturated heterocycles. The Morgan fingerprint density at radius 1 is 1.23 bits per heavy atom. The zero-order valence-electron chi connectivity index (χ0n) is 16.6. The zero-order chi connectivity index (χ0) is 20.8. The van der Waals surface area contributed by atoms with E-state index in [-0.39, 0.29) is 23.4 Å². The van der Waals surface area contributed by atoms with Crippen LogP contribution in [0.3, 0.4) is 0 Å². The van der Waals surface area contributed by atoms with E-state index in [2.05, 4.69) is 11.9 Å². The van der Waals surface area contributed by atoms with Crippen molar-refractivity contribution in [1.29, 1.82) is 0 Å². The number of fused-ring (bicyclic) bond motifs is 2. The first-order chi connectivity index (χ1) is 14.5. The Morgan fingerprint density at radius 3 is 2.73 bits per heavy atom. The highest BCUT2D eigenvalue weighted by molar-refractivity contribution is 8.14. The average Bonchev–Trinajstić information content (AvgIpc) is 3.37. The van der Waals surface area contributed by atoms with E-state index in [1.54, 1.807) is 30.8 Å². The van der Waals surface area contributed by atoms with E-state index in [4.69, 9.17) is 14.6 Å². The number of rotatable bonds is 2. The van der Waals surface area contributed by atoms with E-state index in [0.717, 1.165) is 52.0 Å². The topological polar surface area (TPSA) is 89.6 Å². The molecule has 5 rings (SSSR count). The summed E-state index contributed by atoms with van der Waals surface area (Å²) < 4.78 is 11.2. The third-order valence-corrected chi connectivity index (χ3v) is 6.39. The second kappa shape index (κ2) is 7.32. The SMILES string of the molecule is Cc1cc(C2=NN(C3=NCCS3)C(C)Cc3cc4c(cc32)OCO4)ccc1[N+](=O)[O-]. The lowest BCUT2D eigenvalue weighted by atomic mass is 9.93. The highest BCUT2D eigenvalue weighted by Crippen LogP contribution is 2.38. The van der Waals surface area contributed by atoms with Crippen LogP contribution in [0.15, 0.2) is 40.4 Å². The van der Waals surface area contributed by atoms with Crippen LogP contribution < -0.4 is 9.47 Å². The average molecular weight is 424 g/mol. The van der Waals surface area contributed by atoms with E-state index in [1.165, 1.54) is 0 Å². The minimum absolute atomic E-state index is 0.0971. The van der Waals surface area contributed by atoms with Crippen molar-refractivity contribution in [3.8, 4) is 11.5 Å².